The van der Waals surface area contributed by atoms with Gasteiger partial charge in [0.2, 0.25) is 0 Å². The van der Waals surface area contributed by atoms with Crippen LogP contribution in [0.2, 0.25) is 0 Å². The monoisotopic (exact) mass is 326 g/mol. The third-order valence-corrected chi connectivity index (χ3v) is 5.46. The first kappa shape index (κ1) is 16.3. The number of hydrogen-bond donors (Lipinski definition) is 0. The molecule has 2 aromatic heterocycles. The average Bonchev–Trinajstić information content (AvgIpc) is 3.16. The van der Waals surface area contributed by atoms with Gasteiger partial charge in [0.1, 0.15) is 0 Å². The van der Waals surface area contributed by atoms with Gasteiger partial charge in [0, 0.05) is 18.6 Å². The molecule has 0 aliphatic carbocycles. The van der Waals surface area contributed by atoms with Gasteiger partial charge < -0.3 is 0 Å². The van der Waals surface area contributed by atoms with Gasteiger partial charge in [-0.15, -0.1) is 0 Å². The number of aryl methyl sites for hydroxylation is 1. The van der Waals surface area contributed by atoms with Crippen LogP contribution in [0.5, 0.6) is 0 Å². The van der Waals surface area contributed by atoms with Crippen molar-refractivity contribution in [1.82, 2.24) is 9.38 Å². The molecule has 0 saturated heterocycles. The zero-order chi connectivity index (χ0) is 15.9. The van der Waals surface area contributed by atoms with Crippen LogP contribution >= 0.6 is 11.3 Å². The number of aromatic nitrogens is 2. The van der Waals surface area contributed by atoms with Gasteiger partial charge in [-0.05, 0) is 24.0 Å². The van der Waals surface area contributed by atoms with Crippen LogP contribution in [-0.4, -0.2) is 9.38 Å². The Morgan fingerprint density at radius 2 is 1.70 bits per heavy atom. The van der Waals surface area contributed by atoms with Crippen LogP contribution in [0.1, 0.15) is 57.4 Å². The zero-order valence-electron chi connectivity index (χ0n) is 14.0. The summed E-state index contributed by atoms with van der Waals surface area (Å²) in [6.07, 6.45) is 16.9. The van der Waals surface area contributed by atoms with Crippen LogP contribution in [0.4, 0.5) is 0 Å². The smallest absolute Gasteiger partial charge is 0.194 e. The fourth-order valence-corrected chi connectivity index (χ4v) is 3.93. The second-order valence-corrected chi connectivity index (χ2v) is 7.29. The molecule has 23 heavy (non-hydrogen) atoms. The summed E-state index contributed by atoms with van der Waals surface area (Å²) in [4.78, 5) is 6.69. The zero-order valence-corrected chi connectivity index (χ0v) is 14.8. The molecule has 0 aliphatic heterocycles. The van der Waals surface area contributed by atoms with E-state index < -0.39 is 0 Å². The molecule has 0 aliphatic rings. The van der Waals surface area contributed by atoms with Crippen LogP contribution in [0, 0.1) is 0 Å². The van der Waals surface area contributed by atoms with Gasteiger partial charge in [-0.2, -0.15) is 0 Å². The van der Waals surface area contributed by atoms with E-state index in [4.69, 9.17) is 0 Å². The number of hydrogen-bond acceptors (Lipinski definition) is 2. The summed E-state index contributed by atoms with van der Waals surface area (Å²) < 4.78 is 2.09. The summed E-state index contributed by atoms with van der Waals surface area (Å²) in [5, 5.41) is 0. The molecule has 3 rings (SSSR count). The number of unbranched alkanes of at least 4 members (excludes halogenated alkanes) is 6. The first-order chi connectivity index (χ1) is 11.4. The predicted octanol–water partition coefficient (Wildman–Crippen LogP) is 6.36. The van der Waals surface area contributed by atoms with Crippen molar-refractivity contribution in [1.29, 1.82) is 0 Å². The van der Waals surface area contributed by atoms with Crippen molar-refractivity contribution < 1.29 is 0 Å². The number of nitrogens with zero attached hydrogens (tertiary/aromatic N) is 2. The Bertz CT molecular complexity index is 680. The van der Waals surface area contributed by atoms with Crippen molar-refractivity contribution in [2.75, 3.05) is 0 Å². The van der Waals surface area contributed by atoms with Crippen molar-refractivity contribution in [2.45, 2.75) is 58.3 Å². The normalized spacial score (nSPS) is 11.3. The van der Waals surface area contributed by atoms with Gasteiger partial charge in [0.25, 0.3) is 0 Å². The predicted molar refractivity (Wildman–Crippen MR) is 100 cm³/mol. The summed E-state index contributed by atoms with van der Waals surface area (Å²) >= 11 is 1.75. The lowest BCUT2D eigenvalue weighted by molar-refractivity contribution is 0.589. The maximum Gasteiger partial charge on any atom is 0.194 e. The second-order valence-electron chi connectivity index (χ2n) is 6.28. The molecule has 0 N–H and O–H groups in total. The largest absolute Gasteiger partial charge is 0.297 e. The molecule has 0 unspecified atom stereocenters. The highest BCUT2D eigenvalue weighted by Crippen LogP contribution is 2.28. The van der Waals surface area contributed by atoms with E-state index in [1.54, 1.807) is 11.3 Å². The van der Waals surface area contributed by atoms with Crippen LogP contribution in [-0.2, 0) is 6.42 Å². The standard InChI is InChI=1S/C20H26N2S/c1-2-3-4-5-6-7-8-9-17-10-12-18(13-11-17)19-16-22-15-14-21-20(22)23-19/h10-16H,2-9H2,1H3. The van der Waals surface area contributed by atoms with E-state index in [9.17, 15) is 0 Å². The number of rotatable bonds is 9. The van der Waals surface area contributed by atoms with E-state index in [1.165, 1.54) is 67.4 Å². The molecule has 0 fully saturated rings. The summed E-state index contributed by atoms with van der Waals surface area (Å²) in [5.41, 5.74) is 2.76. The van der Waals surface area contributed by atoms with Crippen LogP contribution in [0.25, 0.3) is 15.4 Å². The molecular weight excluding hydrogens is 300 g/mol. The minimum absolute atomic E-state index is 1.06. The summed E-state index contributed by atoms with van der Waals surface area (Å²) in [6, 6.07) is 9.08. The van der Waals surface area contributed by atoms with E-state index in [0.717, 1.165) is 4.96 Å². The van der Waals surface area contributed by atoms with Crippen molar-refractivity contribution in [2.24, 2.45) is 0 Å². The van der Waals surface area contributed by atoms with Crippen molar-refractivity contribution >= 4 is 16.3 Å². The van der Waals surface area contributed by atoms with E-state index in [1.807, 2.05) is 12.4 Å². The number of fused-ring (bicyclic) bond motifs is 1. The second kappa shape index (κ2) is 8.30. The van der Waals surface area contributed by atoms with Gasteiger partial charge in [0.05, 0.1) is 4.88 Å². The molecule has 122 valence electrons. The summed E-state index contributed by atoms with van der Waals surface area (Å²) in [6.45, 7) is 2.28. The van der Waals surface area contributed by atoms with Gasteiger partial charge in [0.15, 0.2) is 4.96 Å². The van der Waals surface area contributed by atoms with E-state index in [0.29, 0.717) is 0 Å². The highest BCUT2D eigenvalue weighted by Gasteiger charge is 2.04. The van der Waals surface area contributed by atoms with Crippen LogP contribution in [0.15, 0.2) is 42.9 Å². The molecule has 0 bridgehead atoms. The summed E-state index contributed by atoms with van der Waals surface area (Å²) in [7, 11) is 0. The minimum Gasteiger partial charge on any atom is -0.297 e. The lowest BCUT2D eigenvalue weighted by atomic mass is 10.0. The average molecular weight is 327 g/mol. The van der Waals surface area contributed by atoms with Gasteiger partial charge in [-0.1, -0.05) is 81.1 Å². The Labute approximate surface area is 143 Å². The topological polar surface area (TPSA) is 17.3 Å². The Balaban J connectivity index is 1.46. The lowest BCUT2D eigenvalue weighted by Crippen LogP contribution is -1.86. The van der Waals surface area contributed by atoms with Crippen LogP contribution in [0.3, 0.4) is 0 Å². The molecule has 0 radical (unpaired) electrons. The molecule has 3 heteroatoms. The number of benzene rings is 1. The molecule has 0 spiro atoms. The fraction of sp³-hybridized carbons (Fsp3) is 0.450. The highest BCUT2D eigenvalue weighted by atomic mass is 32.1. The molecule has 2 nitrogen and oxygen atoms in total. The van der Waals surface area contributed by atoms with Gasteiger partial charge in [-0.3, -0.25) is 4.40 Å². The van der Waals surface area contributed by atoms with Gasteiger partial charge >= 0.3 is 0 Å². The maximum atomic E-state index is 4.34. The first-order valence-electron chi connectivity index (χ1n) is 8.88. The molecule has 1 aromatic carbocycles. The summed E-state index contributed by atoms with van der Waals surface area (Å²) in [5.74, 6) is 0. The van der Waals surface area contributed by atoms with E-state index in [2.05, 4.69) is 46.8 Å². The van der Waals surface area contributed by atoms with E-state index >= 15 is 0 Å². The quantitative estimate of drug-likeness (QED) is 0.418. The van der Waals surface area contributed by atoms with Crippen molar-refractivity contribution in [3.8, 4) is 10.4 Å². The maximum absolute atomic E-state index is 4.34. The highest BCUT2D eigenvalue weighted by molar-refractivity contribution is 7.20. The van der Waals surface area contributed by atoms with Crippen LogP contribution < -0.4 is 0 Å². The molecule has 0 saturated carbocycles. The number of thiazole rings is 1. The van der Waals surface area contributed by atoms with Gasteiger partial charge in [-0.25, -0.2) is 4.98 Å². The Hall–Kier alpha value is -1.61. The van der Waals surface area contributed by atoms with Crippen molar-refractivity contribution in [3.05, 3.63) is 48.4 Å². The number of imidazole rings is 1. The Morgan fingerprint density at radius 1 is 0.957 bits per heavy atom. The van der Waals surface area contributed by atoms with Crippen molar-refractivity contribution in [3.63, 3.8) is 0 Å². The molecule has 0 amide bonds. The molecule has 0 atom stereocenters. The Kier molecular flexibility index (Phi) is 5.87. The lowest BCUT2D eigenvalue weighted by Gasteiger charge is -2.04. The minimum atomic E-state index is 1.06. The SMILES string of the molecule is CCCCCCCCCc1ccc(-c2cn3ccnc3s2)cc1. The fourth-order valence-electron chi connectivity index (χ4n) is 2.98. The third kappa shape index (κ3) is 4.44. The van der Waals surface area contributed by atoms with E-state index in [-0.39, 0.29) is 0 Å². The molecular formula is C20H26N2S. The molecule has 2 heterocycles. The Morgan fingerprint density at radius 3 is 2.43 bits per heavy atom. The first-order valence-corrected chi connectivity index (χ1v) is 9.70. The molecule has 3 aromatic rings. The third-order valence-electron chi connectivity index (χ3n) is 4.40.